The van der Waals surface area contributed by atoms with Crippen molar-refractivity contribution in [2.45, 2.75) is 25.8 Å². The number of benzene rings is 2. The van der Waals surface area contributed by atoms with Crippen molar-refractivity contribution >= 4 is 11.9 Å². The zero-order valence-electron chi connectivity index (χ0n) is 14.1. The van der Waals surface area contributed by atoms with E-state index in [0.29, 0.717) is 0 Å². The van der Waals surface area contributed by atoms with Crippen molar-refractivity contribution in [3.63, 3.8) is 0 Å². The molecule has 124 valence electrons. The van der Waals surface area contributed by atoms with Crippen molar-refractivity contribution in [2.24, 2.45) is 5.92 Å². The third kappa shape index (κ3) is 2.68. The Morgan fingerprint density at radius 3 is 1.92 bits per heavy atom. The summed E-state index contributed by atoms with van der Waals surface area (Å²) in [5, 5.41) is 2.88. The molecule has 1 amide bonds. The van der Waals surface area contributed by atoms with Crippen molar-refractivity contribution in [1.29, 1.82) is 0 Å². The average molecular weight is 323 g/mol. The van der Waals surface area contributed by atoms with Crippen LogP contribution in [0.5, 0.6) is 0 Å². The second kappa shape index (κ2) is 6.48. The molecule has 4 heteroatoms. The lowest BCUT2D eigenvalue weighted by atomic mass is 9.94. The predicted octanol–water partition coefficient (Wildman–Crippen LogP) is 3.11. The molecule has 24 heavy (non-hydrogen) atoms. The molecule has 0 saturated heterocycles. The minimum Gasteiger partial charge on any atom is -0.467 e. The second-order valence-corrected chi connectivity index (χ2v) is 6.36. The van der Waals surface area contributed by atoms with Crippen LogP contribution in [0.25, 0.3) is 11.1 Å². The highest BCUT2D eigenvalue weighted by molar-refractivity contribution is 5.97. The van der Waals surface area contributed by atoms with Crippen molar-refractivity contribution in [1.82, 2.24) is 5.32 Å². The summed E-state index contributed by atoms with van der Waals surface area (Å²) in [6.45, 7) is 3.77. The highest BCUT2D eigenvalue weighted by Gasteiger charge is 2.36. The number of carbonyl (C=O) groups is 2. The summed E-state index contributed by atoms with van der Waals surface area (Å²) in [5.74, 6) is -1.04. The zero-order valence-corrected chi connectivity index (χ0v) is 14.1. The molecular formula is C20H21NO3. The van der Waals surface area contributed by atoms with Crippen molar-refractivity contribution in [2.75, 3.05) is 7.11 Å². The molecule has 1 aliphatic carbocycles. The summed E-state index contributed by atoms with van der Waals surface area (Å²) in [7, 11) is 1.34. The third-order valence-corrected chi connectivity index (χ3v) is 4.52. The number of hydrogen-bond donors (Lipinski definition) is 1. The fourth-order valence-electron chi connectivity index (χ4n) is 3.30. The van der Waals surface area contributed by atoms with Gasteiger partial charge >= 0.3 is 5.97 Å². The van der Waals surface area contributed by atoms with Crippen molar-refractivity contribution in [3.8, 4) is 11.1 Å². The fourth-order valence-corrected chi connectivity index (χ4v) is 3.30. The van der Waals surface area contributed by atoms with Gasteiger partial charge in [-0.1, -0.05) is 62.4 Å². The molecule has 2 aromatic rings. The van der Waals surface area contributed by atoms with E-state index in [0.717, 1.165) is 22.3 Å². The molecule has 0 unspecified atom stereocenters. The molecule has 1 aliphatic rings. The van der Waals surface area contributed by atoms with E-state index in [9.17, 15) is 9.59 Å². The van der Waals surface area contributed by atoms with E-state index >= 15 is 0 Å². The number of esters is 1. The van der Waals surface area contributed by atoms with Crippen LogP contribution in [-0.4, -0.2) is 25.0 Å². The van der Waals surface area contributed by atoms with Crippen LogP contribution in [0.1, 0.15) is 30.9 Å². The summed E-state index contributed by atoms with van der Waals surface area (Å²) in [5.41, 5.74) is 4.10. The molecule has 1 atom stereocenters. The first-order valence-electron chi connectivity index (χ1n) is 8.11. The van der Waals surface area contributed by atoms with E-state index in [1.165, 1.54) is 7.11 Å². The molecule has 0 spiro atoms. The first kappa shape index (κ1) is 16.2. The van der Waals surface area contributed by atoms with Crippen LogP contribution in [0.2, 0.25) is 0 Å². The molecule has 2 aromatic carbocycles. The van der Waals surface area contributed by atoms with E-state index in [-0.39, 0.29) is 11.8 Å². The standard InChI is InChI=1S/C20H21NO3/c1-12(2)18(20(23)24-3)21-19(22)17-15-10-6-4-8-13(15)14-9-5-7-11-16(14)17/h4-12,17-18H,1-3H3,(H,21,22)/t18-/m1/s1. The Labute approximate surface area is 141 Å². The first-order chi connectivity index (χ1) is 11.5. The van der Waals surface area contributed by atoms with Gasteiger partial charge in [-0.05, 0) is 28.2 Å². The summed E-state index contributed by atoms with van der Waals surface area (Å²) in [6.07, 6.45) is 0. The molecule has 3 rings (SSSR count). The molecule has 0 saturated carbocycles. The maximum atomic E-state index is 13.0. The SMILES string of the molecule is COC(=O)[C@H](NC(=O)C1c2ccccc2-c2ccccc21)C(C)C. The van der Waals surface area contributed by atoms with Gasteiger partial charge in [0.1, 0.15) is 6.04 Å². The number of amides is 1. The van der Waals surface area contributed by atoms with Crippen LogP contribution < -0.4 is 5.32 Å². The molecule has 0 fully saturated rings. The summed E-state index contributed by atoms with van der Waals surface area (Å²) in [6, 6.07) is 15.2. The zero-order chi connectivity index (χ0) is 17.3. The number of hydrogen-bond acceptors (Lipinski definition) is 3. The van der Waals surface area contributed by atoms with Crippen LogP contribution in [0.4, 0.5) is 0 Å². The molecule has 0 heterocycles. The van der Waals surface area contributed by atoms with Gasteiger partial charge in [-0.25, -0.2) is 4.79 Å². The van der Waals surface area contributed by atoms with Crippen LogP contribution >= 0.6 is 0 Å². The van der Waals surface area contributed by atoms with Gasteiger partial charge < -0.3 is 10.1 Å². The Hall–Kier alpha value is -2.62. The van der Waals surface area contributed by atoms with Gasteiger partial charge in [0, 0.05) is 0 Å². The van der Waals surface area contributed by atoms with Crippen LogP contribution in [0.15, 0.2) is 48.5 Å². The third-order valence-electron chi connectivity index (χ3n) is 4.52. The number of ether oxygens (including phenoxy) is 1. The van der Waals surface area contributed by atoms with Gasteiger partial charge in [0.05, 0.1) is 13.0 Å². The number of carbonyl (C=O) groups excluding carboxylic acids is 2. The fraction of sp³-hybridized carbons (Fsp3) is 0.300. The molecule has 0 bridgehead atoms. The number of methoxy groups -OCH3 is 1. The maximum absolute atomic E-state index is 13.0. The lowest BCUT2D eigenvalue weighted by molar-refractivity contribution is -0.146. The van der Waals surface area contributed by atoms with E-state index in [4.69, 9.17) is 4.74 Å². The highest BCUT2D eigenvalue weighted by atomic mass is 16.5. The lowest BCUT2D eigenvalue weighted by Gasteiger charge is -2.22. The molecular weight excluding hydrogens is 302 g/mol. The number of rotatable bonds is 4. The molecule has 0 radical (unpaired) electrons. The Bertz CT molecular complexity index is 736. The Morgan fingerprint density at radius 1 is 0.958 bits per heavy atom. The summed E-state index contributed by atoms with van der Waals surface area (Å²) in [4.78, 5) is 24.9. The molecule has 4 nitrogen and oxygen atoms in total. The smallest absolute Gasteiger partial charge is 0.328 e. The van der Waals surface area contributed by atoms with Gasteiger partial charge in [-0.15, -0.1) is 0 Å². The predicted molar refractivity (Wildman–Crippen MR) is 92.5 cm³/mol. The van der Waals surface area contributed by atoms with Crippen LogP contribution in [-0.2, 0) is 14.3 Å². The second-order valence-electron chi connectivity index (χ2n) is 6.36. The normalized spacial score (nSPS) is 14.0. The van der Waals surface area contributed by atoms with Crippen LogP contribution in [0.3, 0.4) is 0 Å². The summed E-state index contributed by atoms with van der Waals surface area (Å²) < 4.78 is 4.82. The number of fused-ring (bicyclic) bond motifs is 3. The van der Waals surface area contributed by atoms with Gasteiger partial charge in [0.25, 0.3) is 0 Å². The van der Waals surface area contributed by atoms with Gasteiger partial charge in [-0.2, -0.15) is 0 Å². The number of nitrogens with one attached hydrogen (secondary N) is 1. The first-order valence-corrected chi connectivity index (χ1v) is 8.11. The quantitative estimate of drug-likeness (QED) is 0.880. The molecule has 0 aromatic heterocycles. The molecule has 1 N–H and O–H groups in total. The minimum atomic E-state index is -0.651. The average Bonchev–Trinajstić information content (AvgIpc) is 2.93. The van der Waals surface area contributed by atoms with Crippen LogP contribution in [0, 0.1) is 5.92 Å². The van der Waals surface area contributed by atoms with E-state index in [1.54, 1.807) is 0 Å². The van der Waals surface area contributed by atoms with E-state index in [1.807, 2.05) is 62.4 Å². The highest BCUT2D eigenvalue weighted by Crippen LogP contribution is 2.44. The monoisotopic (exact) mass is 323 g/mol. The Morgan fingerprint density at radius 2 is 1.46 bits per heavy atom. The summed E-state index contributed by atoms with van der Waals surface area (Å²) >= 11 is 0. The van der Waals surface area contributed by atoms with E-state index < -0.39 is 17.9 Å². The van der Waals surface area contributed by atoms with Gasteiger partial charge in [0.2, 0.25) is 5.91 Å². The Kier molecular flexibility index (Phi) is 4.38. The van der Waals surface area contributed by atoms with Crippen molar-refractivity contribution < 1.29 is 14.3 Å². The van der Waals surface area contributed by atoms with E-state index in [2.05, 4.69) is 5.32 Å². The Balaban J connectivity index is 1.97. The molecule has 0 aliphatic heterocycles. The minimum absolute atomic E-state index is 0.0479. The largest absolute Gasteiger partial charge is 0.467 e. The van der Waals surface area contributed by atoms with Crippen molar-refractivity contribution in [3.05, 3.63) is 59.7 Å². The van der Waals surface area contributed by atoms with Gasteiger partial charge in [-0.3, -0.25) is 4.79 Å². The topological polar surface area (TPSA) is 55.4 Å². The van der Waals surface area contributed by atoms with Gasteiger partial charge in [0.15, 0.2) is 0 Å². The lowest BCUT2D eigenvalue weighted by Crippen LogP contribution is -2.46. The maximum Gasteiger partial charge on any atom is 0.328 e.